The predicted molar refractivity (Wildman–Crippen MR) is 37.3 cm³/mol. The monoisotopic (exact) mass is 140 g/mol. The maximum absolute atomic E-state index is 6.91. The van der Waals surface area contributed by atoms with Crippen molar-refractivity contribution in [3.8, 4) is 0 Å². The van der Waals surface area contributed by atoms with Gasteiger partial charge in [-0.2, -0.15) is 0 Å². The molecule has 0 saturated carbocycles. The zero-order valence-electron chi connectivity index (χ0n) is 5.24. The van der Waals surface area contributed by atoms with Crippen LogP contribution in [0.5, 0.6) is 0 Å². The van der Waals surface area contributed by atoms with Crippen LogP contribution < -0.4 is 16.6 Å². The predicted octanol–water partition coefficient (Wildman–Crippen LogP) is -0.147. The third-order valence-electron chi connectivity index (χ3n) is 1.04. The van der Waals surface area contributed by atoms with Crippen LogP contribution in [0.1, 0.15) is 0 Å². The smallest absolute Gasteiger partial charge is 0.207 e. The Morgan fingerprint density at radius 2 is 2.40 bits per heavy atom. The van der Waals surface area contributed by atoms with Crippen molar-refractivity contribution in [3.63, 3.8) is 0 Å². The summed E-state index contributed by atoms with van der Waals surface area (Å²) in [6.07, 6.45) is 2.86. The van der Waals surface area contributed by atoms with Gasteiger partial charge in [-0.05, 0) is 0 Å². The number of anilines is 1. The number of hydrogen-bond donors (Lipinski definition) is 3. The first kappa shape index (κ1) is 6.63. The fraction of sp³-hybridized carbons (Fsp3) is 0. The van der Waals surface area contributed by atoms with Crippen LogP contribution in [0.4, 0.5) is 5.69 Å². The lowest BCUT2D eigenvalue weighted by atomic mass is 10.5. The van der Waals surface area contributed by atoms with Gasteiger partial charge in [0.25, 0.3) is 0 Å². The number of hydrogen-bond acceptors (Lipinski definition) is 3. The van der Waals surface area contributed by atoms with Crippen LogP contribution >= 0.6 is 0 Å². The Morgan fingerprint density at radius 1 is 1.70 bits per heavy atom. The van der Waals surface area contributed by atoms with Gasteiger partial charge in [-0.25, -0.2) is 10.9 Å². The fourth-order valence-electron chi connectivity index (χ4n) is 0.533. The van der Waals surface area contributed by atoms with Gasteiger partial charge in [0.05, 0.1) is 12.0 Å². The average Bonchev–Trinajstić information content (AvgIpc) is 2.36. The van der Waals surface area contributed by atoms with Crippen molar-refractivity contribution in [1.82, 2.24) is 0 Å². The molecular formula is C5H8N4O. The average molecular weight is 140 g/mol. The molecule has 0 radical (unpaired) electrons. The maximum atomic E-state index is 6.91. The van der Waals surface area contributed by atoms with Gasteiger partial charge in [0, 0.05) is 6.07 Å². The van der Waals surface area contributed by atoms with E-state index in [0.717, 1.165) is 5.01 Å². The van der Waals surface area contributed by atoms with Gasteiger partial charge >= 0.3 is 0 Å². The summed E-state index contributed by atoms with van der Waals surface area (Å²) in [5, 5.41) is 7.93. The van der Waals surface area contributed by atoms with E-state index in [9.17, 15) is 0 Å². The molecule has 5 N–H and O–H groups in total. The second kappa shape index (κ2) is 2.40. The second-order valence-corrected chi connectivity index (χ2v) is 1.74. The Kier molecular flexibility index (Phi) is 1.59. The Labute approximate surface area is 57.7 Å². The number of nitrogens with one attached hydrogen (secondary N) is 1. The van der Waals surface area contributed by atoms with Crippen LogP contribution in [-0.4, -0.2) is 5.96 Å². The first-order valence-corrected chi connectivity index (χ1v) is 2.63. The molecule has 0 saturated heterocycles. The Balaban J connectivity index is 2.77. The van der Waals surface area contributed by atoms with Crippen molar-refractivity contribution in [3.05, 3.63) is 18.6 Å². The largest absolute Gasteiger partial charge is 0.470 e. The van der Waals surface area contributed by atoms with Gasteiger partial charge in [-0.1, -0.05) is 0 Å². The van der Waals surface area contributed by atoms with Crippen LogP contribution in [-0.2, 0) is 0 Å². The number of hydrazine groups is 1. The van der Waals surface area contributed by atoms with Crippen molar-refractivity contribution in [2.24, 2.45) is 11.6 Å². The summed E-state index contributed by atoms with van der Waals surface area (Å²) in [6.45, 7) is 0. The Morgan fingerprint density at radius 3 is 2.80 bits per heavy atom. The molecule has 0 unspecified atom stereocenters. The van der Waals surface area contributed by atoms with E-state index in [-0.39, 0.29) is 5.96 Å². The van der Waals surface area contributed by atoms with Crippen LogP contribution in [0.15, 0.2) is 23.0 Å². The molecular weight excluding hydrogens is 132 g/mol. The molecule has 0 aliphatic carbocycles. The summed E-state index contributed by atoms with van der Waals surface area (Å²) in [7, 11) is 0. The quantitative estimate of drug-likeness (QED) is 0.219. The lowest BCUT2D eigenvalue weighted by molar-refractivity contribution is 0.567. The molecule has 0 aliphatic rings. The maximum Gasteiger partial charge on any atom is 0.207 e. The van der Waals surface area contributed by atoms with Crippen LogP contribution in [0.2, 0.25) is 0 Å². The summed E-state index contributed by atoms with van der Waals surface area (Å²) in [5.41, 5.74) is 5.63. The summed E-state index contributed by atoms with van der Waals surface area (Å²) < 4.78 is 4.71. The van der Waals surface area contributed by atoms with E-state index in [4.69, 9.17) is 21.4 Å². The topological polar surface area (TPSA) is 92.3 Å². The normalized spacial score (nSPS) is 9.30. The van der Waals surface area contributed by atoms with Crippen molar-refractivity contribution < 1.29 is 4.42 Å². The molecule has 1 heterocycles. The van der Waals surface area contributed by atoms with Crippen LogP contribution in [0, 0.1) is 5.41 Å². The van der Waals surface area contributed by atoms with E-state index in [2.05, 4.69) is 0 Å². The second-order valence-electron chi connectivity index (χ2n) is 1.74. The molecule has 0 spiro atoms. The third kappa shape index (κ3) is 1.08. The third-order valence-corrected chi connectivity index (χ3v) is 1.04. The summed E-state index contributed by atoms with van der Waals surface area (Å²) >= 11 is 0. The summed E-state index contributed by atoms with van der Waals surface area (Å²) in [6, 6.07) is 1.61. The molecule has 0 bridgehead atoms. The molecule has 1 aromatic heterocycles. The van der Waals surface area contributed by atoms with Gasteiger partial charge in [0.2, 0.25) is 5.96 Å². The molecule has 1 rings (SSSR count). The van der Waals surface area contributed by atoms with Crippen molar-refractivity contribution >= 4 is 11.6 Å². The molecule has 0 aromatic carbocycles. The molecule has 0 fully saturated rings. The first-order chi connectivity index (χ1) is 4.72. The van der Waals surface area contributed by atoms with Gasteiger partial charge in [-0.3, -0.25) is 5.41 Å². The molecule has 5 heteroatoms. The van der Waals surface area contributed by atoms with Crippen molar-refractivity contribution in [1.29, 1.82) is 5.41 Å². The van der Waals surface area contributed by atoms with E-state index in [1.165, 1.54) is 12.5 Å². The number of rotatable bonds is 1. The highest BCUT2D eigenvalue weighted by Gasteiger charge is 2.03. The van der Waals surface area contributed by atoms with Gasteiger partial charge < -0.3 is 10.2 Å². The van der Waals surface area contributed by atoms with Gasteiger partial charge in [0.15, 0.2) is 0 Å². The molecule has 0 atom stereocenters. The number of nitrogens with zero attached hydrogens (tertiary/aromatic N) is 1. The molecule has 10 heavy (non-hydrogen) atoms. The molecule has 0 aliphatic heterocycles. The minimum Gasteiger partial charge on any atom is -0.470 e. The molecule has 5 nitrogen and oxygen atoms in total. The zero-order chi connectivity index (χ0) is 7.56. The van der Waals surface area contributed by atoms with E-state index < -0.39 is 0 Å². The summed E-state index contributed by atoms with van der Waals surface area (Å²) in [4.78, 5) is 0. The zero-order valence-corrected chi connectivity index (χ0v) is 5.24. The highest BCUT2D eigenvalue weighted by atomic mass is 16.3. The number of furan rings is 1. The van der Waals surface area contributed by atoms with Gasteiger partial charge in [-0.15, -0.1) is 0 Å². The standard InChI is InChI=1S/C5H8N4O/c6-5(7)9(8)4-1-2-10-3-4/h1-3H,8H2,(H3,6,7). The minimum absolute atomic E-state index is 0.221. The number of nitrogens with two attached hydrogens (primary N) is 2. The highest BCUT2D eigenvalue weighted by Crippen LogP contribution is 2.08. The van der Waals surface area contributed by atoms with E-state index in [0.29, 0.717) is 5.69 Å². The van der Waals surface area contributed by atoms with E-state index in [1.807, 2.05) is 0 Å². The van der Waals surface area contributed by atoms with Gasteiger partial charge in [0.1, 0.15) is 6.26 Å². The first-order valence-electron chi connectivity index (χ1n) is 2.63. The molecule has 1 aromatic rings. The van der Waals surface area contributed by atoms with E-state index in [1.54, 1.807) is 6.07 Å². The lowest BCUT2D eigenvalue weighted by Gasteiger charge is -2.11. The summed E-state index contributed by atoms with van der Waals surface area (Å²) in [5.74, 6) is 5.09. The fourth-order valence-corrected chi connectivity index (χ4v) is 0.533. The molecule has 54 valence electrons. The molecule has 0 amide bonds. The Bertz CT molecular complexity index is 218. The van der Waals surface area contributed by atoms with Crippen molar-refractivity contribution in [2.75, 3.05) is 5.01 Å². The SMILES string of the molecule is N=C(N)N(N)c1ccoc1. The lowest BCUT2D eigenvalue weighted by Crippen LogP contribution is -2.41. The van der Waals surface area contributed by atoms with Crippen LogP contribution in [0.3, 0.4) is 0 Å². The number of guanidine groups is 1. The van der Waals surface area contributed by atoms with Crippen molar-refractivity contribution in [2.45, 2.75) is 0 Å². The van der Waals surface area contributed by atoms with E-state index >= 15 is 0 Å². The van der Waals surface area contributed by atoms with Crippen LogP contribution in [0.25, 0.3) is 0 Å². The minimum atomic E-state index is -0.221. The Hall–Kier alpha value is -1.49. The highest BCUT2D eigenvalue weighted by molar-refractivity contribution is 5.90.